The highest BCUT2D eigenvalue weighted by Gasteiger charge is 2.24. The molecule has 0 unspecified atom stereocenters. The lowest BCUT2D eigenvalue weighted by Crippen LogP contribution is -2.38. The van der Waals surface area contributed by atoms with Crippen LogP contribution in [0.15, 0.2) is 67.1 Å². The van der Waals surface area contributed by atoms with Crippen molar-refractivity contribution in [2.75, 3.05) is 13.1 Å². The molecule has 0 spiro atoms. The number of aromatic nitrogens is 5. The van der Waals surface area contributed by atoms with Gasteiger partial charge in [0.25, 0.3) is 0 Å². The van der Waals surface area contributed by atoms with Crippen LogP contribution in [0, 0.1) is 17.1 Å². The third-order valence-corrected chi connectivity index (χ3v) is 9.21. The Balaban J connectivity index is 1.07. The summed E-state index contributed by atoms with van der Waals surface area (Å²) in [6, 6.07) is 17.3. The number of ether oxygens (including phenoxy) is 1. The third kappa shape index (κ3) is 7.22. The maximum atomic E-state index is 14.2. The molecule has 5 aromatic rings. The Kier molecular flexibility index (Phi) is 9.61. The molecule has 2 aromatic carbocycles. The number of carboxylic acids is 1. The van der Waals surface area contributed by atoms with Gasteiger partial charge in [-0.3, -0.25) is 4.90 Å². The van der Waals surface area contributed by atoms with Crippen LogP contribution in [-0.2, 0) is 31.1 Å². The number of carboxylic acid groups (broad SMARTS) is 1. The van der Waals surface area contributed by atoms with E-state index >= 15 is 0 Å². The lowest BCUT2D eigenvalue weighted by molar-refractivity contribution is 0.0697. The minimum atomic E-state index is -0.964. The van der Waals surface area contributed by atoms with Crippen molar-refractivity contribution in [3.05, 3.63) is 107 Å². The van der Waals surface area contributed by atoms with Gasteiger partial charge >= 0.3 is 5.97 Å². The molecule has 1 aliphatic heterocycles. The standard InChI is InChI=1S/C34H34FN7O3S/c1-2-41-22-37-17-27(41)18-42-31-15-24(34(43)44)8-9-30(31)39-32(42)19-40-12-10-28(11-13-40)45-33-5-3-4-26(38-33)21-46-20-25-7-6-23(16-36)14-29(25)35/h3-9,14-15,17,22,28H,2,10-13,18-21H2,1H3,(H,43,44). The Morgan fingerprint density at radius 1 is 1.11 bits per heavy atom. The number of carbonyl (C=O) groups is 1. The van der Waals surface area contributed by atoms with E-state index in [0.29, 0.717) is 41.6 Å². The number of piperidine rings is 1. The van der Waals surface area contributed by atoms with E-state index in [9.17, 15) is 14.3 Å². The normalized spacial score (nSPS) is 14.0. The van der Waals surface area contributed by atoms with Crippen molar-refractivity contribution < 1.29 is 19.0 Å². The van der Waals surface area contributed by atoms with Gasteiger partial charge in [0, 0.05) is 43.4 Å². The number of benzene rings is 2. The summed E-state index contributed by atoms with van der Waals surface area (Å²) in [5, 5.41) is 18.5. The second kappa shape index (κ2) is 14.1. The number of halogens is 1. The fourth-order valence-electron chi connectivity index (χ4n) is 5.69. The number of thioether (sulfide) groups is 1. The average Bonchev–Trinajstić information content (AvgIpc) is 3.66. The monoisotopic (exact) mass is 639 g/mol. The number of pyridine rings is 1. The van der Waals surface area contributed by atoms with Gasteiger partial charge in [0.15, 0.2) is 0 Å². The number of aromatic carboxylic acids is 1. The second-order valence-electron chi connectivity index (χ2n) is 11.3. The molecule has 0 bridgehead atoms. The highest BCUT2D eigenvalue weighted by atomic mass is 32.2. The number of hydrogen-bond acceptors (Lipinski definition) is 8. The summed E-state index contributed by atoms with van der Waals surface area (Å²) < 4.78 is 24.7. The van der Waals surface area contributed by atoms with Crippen LogP contribution >= 0.6 is 11.8 Å². The first-order valence-electron chi connectivity index (χ1n) is 15.2. The topological polar surface area (TPSA) is 122 Å². The van der Waals surface area contributed by atoms with Crippen LogP contribution in [0.5, 0.6) is 5.88 Å². The molecule has 0 aliphatic carbocycles. The third-order valence-electron chi connectivity index (χ3n) is 8.19. The largest absolute Gasteiger partial charge is 0.478 e. The van der Waals surface area contributed by atoms with Crippen molar-refractivity contribution in [2.24, 2.45) is 0 Å². The van der Waals surface area contributed by atoms with Gasteiger partial charge in [-0.2, -0.15) is 17.0 Å². The van der Waals surface area contributed by atoms with Gasteiger partial charge in [-0.05, 0) is 61.7 Å². The van der Waals surface area contributed by atoms with Crippen molar-refractivity contribution in [1.82, 2.24) is 29.0 Å². The van der Waals surface area contributed by atoms with Gasteiger partial charge in [0.1, 0.15) is 17.7 Å². The molecule has 0 atom stereocenters. The van der Waals surface area contributed by atoms with Crippen molar-refractivity contribution in [3.63, 3.8) is 0 Å². The molecular weight excluding hydrogens is 605 g/mol. The summed E-state index contributed by atoms with van der Waals surface area (Å²) in [7, 11) is 0. The van der Waals surface area contributed by atoms with Crippen molar-refractivity contribution in [2.45, 2.75) is 57.0 Å². The van der Waals surface area contributed by atoms with Crippen molar-refractivity contribution in [1.29, 1.82) is 5.26 Å². The van der Waals surface area contributed by atoms with E-state index in [1.807, 2.05) is 36.8 Å². The summed E-state index contributed by atoms with van der Waals surface area (Å²) in [6.45, 7) is 5.69. The number of imidazole rings is 2. The van der Waals surface area contributed by atoms with Gasteiger partial charge in [-0.1, -0.05) is 12.1 Å². The number of nitriles is 1. The molecule has 6 rings (SSSR count). The van der Waals surface area contributed by atoms with Crippen LogP contribution < -0.4 is 4.74 Å². The second-order valence-corrected chi connectivity index (χ2v) is 12.3. The molecule has 236 valence electrons. The van der Waals surface area contributed by atoms with Gasteiger partial charge in [-0.15, -0.1) is 0 Å². The minimum absolute atomic E-state index is 0.0373. The van der Waals surface area contributed by atoms with Crippen LogP contribution in [0.2, 0.25) is 0 Å². The number of hydrogen-bond donors (Lipinski definition) is 1. The van der Waals surface area contributed by atoms with E-state index in [2.05, 4.69) is 30.9 Å². The molecular formula is C34H34FN7O3S. The van der Waals surface area contributed by atoms with E-state index in [1.54, 1.807) is 42.1 Å². The lowest BCUT2D eigenvalue weighted by atomic mass is 10.1. The zero-order chi connectivity index (χ0) is 32.0. The molecule has 10 nitrogen and oxygen atoms in total. The highest BCUT2D eigenvalue weighted by molar-refractivity contribution is 7.97. The van der Waals surface area contributed by atoms with Gasteiger partial charge in [0.05, 0.1) is 59.0 Å². The predicted molar refractivity (Wildman–Crippen MR) is 173 cm³/mol. The molecule has 4 heterocycles. The molecule has 1 fully saturated rings. The first-order chi connectivity index (χ1) is 22.4. The summed E-state index contributed by atoms with van der Waals surface area (Å²) in [6.07, 6.45) is 5.37. The molecule has 46 heavy (non-hydrogen) atoms. The Labute approximate surface area is 270 Å². The van der Waals surface area contributed by atoms with E-state index in [4.69, 9.17) is 15.0 Å². The Hall–Kier alpha value is -4.73. The van der Waals surface area contributed by atoms with Crippen molar-refractivity contribution >= 4 is 28.8 Å². The van der Waals surface area contributed by atoms with E-state index in [0.717, 1.165) is 60.7 Å². The maximum Gasteiger partial charge on any atom is 0.335 e. The zero-order valence-electron chi connectivity index (χ0n) is 25.5. The molecule has 1 saturated heterocycles. The molecule has 0 radical (unpaired) electrons. The van der Waals surface area contributed by atoms with Crippen LogP contribution in [-0.4, -0.2) is 59.3 Å². The molecule has 0 saturated carbocycles. The highest BCUT2D eigenvalue weighted by Crippen LogP contribution is 2.25. The van der Waals surface area contributed by atoms with E-state index in [1.165, 1.54) is 6.07 Å². The van der Waals surface area contributed by atoms with Crippen LogP contribution in [0.1, 0.15) is 58.5 Å². The average molecular weight is 640 g/mol. The first-order valence-corrected chi connectivity index (χ1v) is 16.4. The van der Waals surface area contributed by atoms with Gasteiger partial charge in [-0.25, -0.2) is 24.1 Å². The van der Waals surface area contributed by atoms with E-state index in [-0.39, 0.29) is 17.5 Å². The van der Waals surface area contributed by atoms with Crippen molar-refractivity contribution in [3.8, 4) is 11.9 Å². The summed E-state index contributed by atoms with van der Waals surface area (Å²) in [4.78, 5) is 28.0. The summed E-state index contributed by atoms with van der Waals surface area (Å²) >= 11 is 1.56. The number of aryl methyl sites for hydroxylation is 1. The summed E-state index contributed by atoms with van der Waals surface area (Å²) in [5.41, 5.74) is 4.58. The minimum Gasteiger partial charge on any atom is -0.478 e. The summed E-state index contributed by atoms with van der Waals surface area (Å²) in [5.74, 6) is 1.24. The van der Waals surface area contributed by atoms with Crippen LogP contribution in [0.4, 0.5) is 4.39 Å². The zero-order valence-corrected chi connectivity index (χ0v) is 26.3. The number of fused-ring (bicyclic) bond motifs is 1. The Morgan fingerprint density at radius 3 is 2.72 bits per heavy atom. The smallest absolute Gasteiger partial charge is 0.335 e. The first kappa shape index (κ1) is 31.3. The van der Waals surface area contributed by atoms with Gasteiger partial charge in [0.2, 0.25) is 5.88 Å². The Bertz CT molecular complexity index is 1890. The quantitative estimate of drug-likeness (QED) is 0.178. The molecule has 12 heteroatoms. The van der Waals surface area contributed by atoms with Crippen LogP contribution in [0.25, 0.3) is 11.0 Å². The Morgan fingerprint density at radius 2 is 1.96 bits per heavy atom. The predicted octanol–water partition coefficient (Wildman–Crippen LogP) is 5.88. The number of rotatable bonds is 12. The SMILES string of the molecule is CCn1cncc1Cn1c(CN2CCC(Oc3cccc(CSCc4ccc(C#N)cc4F)n3)CC2)nc2ccc(C(=O)O)cc21. The molecule has 1 N–H and O–H groups in total. The fourth-order valence-corrected chi connectivity index (χ4v) is 6.61. The van der Waals surface area contributed by atoms with E-state index < -0.39 is 5.97 Å². The molecule has 3 aromatic heterocycles. The fraction of sp³-hybridized carbons (Fsp3) is 0.324. The number of likely N-dealkylation sites (tertiary alicyclic amines) is 1. The number of nitrogens with zero attached hydrogens (tertiary/aromatic N) is 7. The van der Waals surface area contributed by atoms with Gasteiger partial charge < -0.3 is 19.0 Å². The lowest BCUT2D eigenvalue weighted by Gasteiger charge is -2.31. The molecule has 0 amide bonds. The molecule has 1 aliphatic rings. The van der Waals surface area contributed by atoms with Crippen LogP contribution in [0.3, 0.4) is 0 Å². The maximum absolute atomic E-state index is 14.2.